The summed E-state index contributed by atoms with van der Waals surface area (Å²) in [5.41, 5.74) is 0.710. The summed E-state index contributed by atoms with van der Waals surface area (Å²) in [6.45, 7) is 9.20. The Kier molecular flexibility index (Phi) is 5.13. The van der Waals surface area contributed by atoms with Crippen molar-refractivity contribution in [3.63, 3.8) is 0 Å². The van der Waals surface area contributed by atoms with Gasteiger partial charge in [-0.05, 0) is 24.0 Å². The summed E-state index contributed by atoms with van der Waals surface area (Å²) in [7, 11) is 0. The van der Waals surface area contributed by atoms with Gasteiger partial charge in [0.2, 0.25) is 0 Å². The summed E-state index contributed by atoms with van der Waals surface area (Å²) in [5, 5.41) is 3.23. The number of hydrogen-bond donors (Lipinski definition) is 1. The molecule has 0 aromatic carbocycles. The van der Waals surface area contributed by atoms with Gasteiger partial charge >= 0.3 is 0 Å². The Morgan fingerprint density at radius 1 is 1.29 bits per heavy atom. The molecule has 1 heterocycles. The number of carbonyl (C=O) groups is 1. The van der Waals surface area contributed by atoms with E-state index >= 15 is 0 Å². The Labute approximate surface area is 104 Å². The van der Waals surface area contributed by atoms with Crippen LogP contribution in [0.3, 0.4) is 0 Å². The van der Waals surface area contributed by atoms with Gasteiger partial charge in [-0.3, -0.25) is 4.79 Å². The summed E-state index contributed by atoms with van der Waals surface area (Å²) in [4.78, 5) is 16.3. The number of hydrogen-bond acceptors (Lipinski definition) is 3. The van der Waals surface area contributed by atoms with E-state index in [0.717, 1.165) is 6.54 Å². The first kappa shape index (κ1) is 13.7. The zero-order chi connectivity index (χ0) is 12.8. The van der Waals surface area contributed by atoms with Crippen molar-refractivity contribution in [3.8, 4) is 0 Å². The molecule has 0 unspecified atom stereocenters. The van der Waals surface area contributed by atoms with Crippen molar-refractivity contribution in [2.75, 3.05) is 11.9 Å². The second kappa shape index (κ2) is 6.38. The van der Waals surface area contributed by atoms with E-state index in [1.54, 1.807) is 6.20 Å². The van der Waals surface area contributed by atoms with Crippen LogP contribution in [0.2, 0.25) is 0 Å². The van der Waals surface area contributed by atoms with E-state index in [0.29, 0.717) is 29.6 Å². The molecule has 0 atom stereocenters. The third kappa shape index (κ3) is 4.55. The predicted molar refractivity (Wildman–Crippen MR) is 71.4 cm³/mol. The van der Waals surface area contributed by atoms with Crippen LogP contribution >= 0.6 is 0 Å². The molecule has 0 fully saturated rings. The normalized spacial score (nSPS) is 10.9. The molecule has 17 heavy (non-hydrogen) atoms. The van der Waals surface area contributed by atoms with Crippen LogP contribution in [0.15, 0.2) is 18.3 Å². The van der Waals surface area contributed by atoms with Gasteiger partial charge in [0.1, 0.15) is 5.82 Å². The highest BCUT2D eigenvalue weighted by molar-refractivity contribution is 6.00. The smallest absolute Gasteiger partial charge is 0.166 e. The van der Waals surface area contributed by atoms with Crippen molar-refractivity contribution in [1.82, 2.24) is 4.98 Å². The zero-order valence-electron chi connectivity index (χ0n) is 11.2. The summed E-state index contributed by atoms with van der Waals surface area (Å²) in [6.07, 6.45) is 2.29. The van der Waals surface area contributed by atoms with Crippen molar-refractivity contribution in [3.05, 3.63) is 23.9 Å². The van der Waals surface area contributed by atoms with Gasteiger partial charge in [-0.15, -0.1) is 0 Å². The second-order valence-electron chi connectivity index (χ2n) is 5.20. The van der Waals surface area contributed by atoms with E-state index in [9.17, 15) is 4.79 Å². The van der Waals surface area contributed by atoms with Gasteiger partial charge in [0.15, 0.2) is 5.78 Å². The Morgan fingerprint density at radius 3 is 2.59 bits per heavy atom. The fraction of sp³-hybridized carbons (Fsp3) is 0.571. The molecule has 0 bridgehead atoms. The number of aromatic nitrogens is 1. The van der Waals surface area contributed by atoms with Crippen LogP contribution in [-0.4, -0.2) is 17.3 Å². The number of nitrogens with zero attached hydrogens (tertiary/aromatic N) is 1. The zero-order valence-corrected chi connectivity index (χ0v) is 11.2. The van der Waals surface area contributed by atoms with Crippen molar-refractivity contribution >= 4 is 11.6 Å². The molecule has 0 radical (unpaired) electrons. The first-order valence-corrected chi connectivity index (χ1v) is 6.22. The SMILES string of the molecule is CC(C)CNc1ncccc1C(=O)CC(C)C. The minimum absolute atomic E-state index is 0.166. The third-order valence-corrected chi connectivity index (χ3v) is 2.38. The Morgan fingerprint density at radius 2 is 2.00 bits per heavy atom. The highest BCUT2D eigenvalue weighted by atomic mass is 16.1. The van der Waals surface area contributed by atoms with Gasteiger partial charge in [0.05, 0.1) is 5.56 Å². The van der Waals surface area contributed by atoms with Crippen LogP contribution in [0.25, 0.3) is 0 Å². The molecule has 94 valence electrons. The van der Waals surface area contributed by atoms with Crippen LogP contribution in [0, 0.1) is 11.8 Å². The van der Waals surface area contributed by atoms with E-state index in [1.165, 1.54) is 0 Å². The average molecular weight is 234 g/mol. The topological polar surface area (TPSA) is 42.0 Å². The van der Waals surface area contributed by atoms with E-state index in [4.69, 9.17) is 0 Å². The van der Waals surface area contributed by atoms with Gasteiger partial charge in [-0.25, -0.2) is 4.98 Å². The second-order valence-corrected chi connectivity index (χ2v) is 5.20. The molecule has 0 aliphatic rings. The lowest BCUT2D eigenvalue weighted by Gasteiger charge is -2.12. The fourth-order valence-electron chi connectivity index (χ4n) is 1.55. The van der Waals surface area contributed by atoms with Crippen LogP contribution in [0.4, 0.5) is 5.82 Å². The van der Waals surface area contributed by atoms with E-state index in [-0.39, 0.29) is 5.78 Å². The monoisotopic (exact) mass is 234 g/mol. The molecule has 0 aliphatic carbocycles. The molecule has 0 spiro atoms. The molecule has 1 aromatic heterocycles. The number of pyridine rings is 1. The molecular weight excluding hydrogens is 212 g/mol. The fourth-order valence-corrected chi connectivity index (χ4v) is 1.55. The number of rotatable bonds is 6. The van der Waals surface area contributed by atoms with Crippen LogP contribution in [-0.2, 0) is 0 Å². The van der Waals surface area contributed by atoms with Gasteiger partial charge in [0, 0.05) is 19.2 Å². The standard InChI is InChI=1S/C14H22N2O/c1-10(2)8-13(17)12-6-5-7-15-14(12)16-9-11(3)4/h5-7,10-11H,8-9H2,1-4H3,(H,15,16). The summed E-state index contributed by atoms with van der Waals surface area (Å²) in [5.74, 6) is 1.79. The van der Waals surface area contributed by atoms with Gasteiger partial charge in [-0.2, -0.15) is 0 Å². The van der Waals surface area contributed by atoms with Crippen molar-refractivity contribution in [1.29, 1.82) is 0 Å². The summed E-state index contributed by atoms with van der Waals surface area (Å²) < 4.78 is 0. The number of anilines is 1. The van der Waals surface area contributed by atoms with Crippen LogP contribution in [0.5, 0.6) is 0 Å². The molecular formula is C14H22N2O. The Balaban J connectivity index is 2.80. The maximum Gasteiger partial charge on any atom is 0.166 e. The number of carbonyl (C=O) groups excluding carboxylic acids is 1. The molecule has 1 N–H and O–H groups in total. The van der Waals surface area contributed by atoms with Crippen molar-refractivity contribution < 1.29 is 4.79 Å². The lowest BCUT2D eigenvalue weighted by atomic mass is 10.0. The van der Waals surface area contributed by atoms with Crippen LogP contribution in [0.1, 0.15) is 44.5 Å². The predicted octanol–water partition coefficient (Wildman–Crippen LogP) is 3.38. The van der Waals surface area contributed by atoms with Crippen molar-refractivity contribution in [2.24, 2.45) is 11.8 Å². The quantitative estimate of drug-likeness (QED) is 0.767. The van der Waals surface area contributed by atoms with E-state index in [2.05, 4.69) is 38.0 Å². The summed E-state index contributed by atoms with van der Waals surface area (Å²) in [6, 6.07) is 3.66. The van der Waals surface area contributed by atoms with Gasteiger partial charge < -0.3 is 5.32 Å². The average Bonchev–Trinajstić information content (AvgIpc) is 2.25. The minimum atomic E-state index is 0.166. The lowest BCUT2D eigenvalue weighted by Crippen LogP contribution is -2.14. The van der Waals surface area contributed by atoms with Gasteiger partial charge in [-0.1, -0.05) is 27.7 Å². The number of nitrogens with one attached hydrogen (secondary N) is 1. The highest BCUT2D eigenvalue weighted by Crippen LogP contribution is 2.16. The van der Waals surface area contributed by atoms with Gasteiger partial charge in [0.25, 0.3) is 0 Å². The molecule has 0 aliphatic heterocycles. The van der Waals surface area contributed by atoms with E-state index in [1.807, 2.05) is 12.1 Å². The lowest BCUT2D eigenvalue weighted by molar-refractivity contribution is 0.0968. The molecule has 1 rings (SSSR count). The molecule has 0 saturated carbocycles. The highest BCUT2D eigenvalue weighted by Gasteiger charge is 2.13. The molecule has 3 heteroatoms. The molecule has 0 saturated heterocycles. The molecule has 3 nitrogen and oxygen atoms in total. The molecule has 1 aromatic rings. The molecule has 0 amide bonds. The van der Waals surface area contributed by atoms with Crippen molar-refractivity contribution in [2.45, 2.75) is 34.1 Å². The minimum Gasteiger partial charge on any atom is -0.369 e. The summed E-state index contributed by atoms with van der Waals surface area (Å²) >= 11 is 0. The maximum atomic E-state index is 12.0. The van der Waals surface area contributed by atoms with Crippen LogP contribution < -0.4 is 5.32 Å². The first-order chi connectivity index (χ1) is 8.00. The van der Waals surface area contributed by atoms with E-state index < -0.39 is 0 Å². The third-order valence-electron chi connectivity index (χ3n) is 2.38. The number of ketones is 1. The number of Topliss-reactive ketones (excluding diaryl/α,β-unsaturated/α-hetero) is 1. The Bertz CT molecular complexity index is 372. The Hall–Kier alpha value is -1.38. The largest absolute Gasteiger partial charge is 0.369 e. The maximum absolute atomic E-state index is 12.0. The first-order valence-electron chi connectivity index (χ1n) is 6.22.